The number of rotatable bonds is 5. The van der Waals surface area contributed by atoms with Gasteiger partial charge in [-0.25, -0.2) is 0 Å². The highest BCUT2D eigenvalue weighted by molar-refractivity contribution is 9.10. The number of methoxy groups -OCH3 is 1. The van der Waals surface area contributed by atoms with Gasteiger partial charge in [-0.15, -0.1) is 0 Å². The Labute approximate surface area is 104 Å². The molecule has 4 nitrogen and oxygen atoms in total. The summed E-state index contributed by atoms with van der Waals surface area (Å²) in [5.74, 6) is -0.181. The molecule has 0 amide bonds. The largest absolute Gasteiger partial charge is 0.469 e. The lowest BCUT2D eigenvalue weighted by molar-refractivity contribution is -0.140. The number of carbonyl (C=O) groups excluding carboxylic acids is 1. The molecule has 0 aromatic carbocycles. The van der Waals surface area contributed by atoms with Gasteiger partial charge in [-0.3, -0.25) is 9.78 Å². The van der Waals surface area contributed by atoms with Gasteiger partial charge in [0.2, 0.25) is 0 Å². The molecule has 0 N–H and O–H groups in total. The molecule has 0 aliphatic carbocycles. The minimum atomic E-state index is -0.181. The second-order valence-electron chi connectivity index (χ2n) is 3.58. The first-order valence-corrected chi connectivity index (χ1v) is 5.76. The highest BCUT2D eigenvalue weighted by atomic mass is 79.9. The van der Waals surface area contributed by atoms with Crippen LogP contribution >= 0.6 is 15.9 Å². The van der Waals surface area contributed by atoms with Crippen LogP contribution in [-0.2, 0) is 16.1 Å². The Morgan fingerprint density at radius 1 is 1.56 bits per heavy atom. The summed E-state index contributed by atoms with van der Waals surface area (Å²) in [4.78, 5) is 17.1. The van der Waals surface area contributed by atoms with Crippen LogP contribution < -0.4 is 0 Å². The summed E-state index contributed by atoms with van der Waals surface area (Å²) in [6, 6.07) is 2.02. The van der Waals surface area contributed by atoms with Gasteiger partial charge < -0.3 is 9.64 Å². The maximum atomic E-state index is 11.0. The molecule has 1 heterocycles. The number of nitrogens with zero attached hydrogens (tertiary/aromatic N) is 2. The monoisotopic (exact) mass is 286 g/mol. The second kappa shape index (κ2) is 6.60. The van der Waals surface area contributed by atoms with E-state index in [0.717, 1.165) is 16.6 Å². The Bertz CT molecular complexity index is 358. The fourth-order valence-electron chi connectivity index (χ4n) is 1.32. The summed E-state index contributed by atoms with van der Waals surface area (Å²) in [5, 5.41) is 0. The third-order valence-electron chi connectivity index (χ3n) is 2.14. The second-order valence-corrected chi connectivity index (χ2v) is 4.49. The van der Waals surface area contributed by atoms with Crippen molar-refractivity contribution in [3.63, 3.8) is 0 Å². The lowest BCUT2D eigenvalue weighted by atomic mass is 10.2. The Hall–Kier alpha value is -0.940. The van der Waals surface area contributed by atoms with Crippen molar-refractivity contribution in [2.75, 3.05) is 20.7 Å². The first-order valence-electron chi connectivity index (χ1n) is 4.96. The number of aromatic nitrogens is 1. The van der Waals surface area contributed by atoms with E-state index in [1.54, 1.807) is 6.20 Å². The summed E-state index contributed by atoms with van der Waals surface area (Å²) < 4.78 is 5.55. The lowest BCUT2D eigenvalue weighted by Gasteiger charge is -2.15. The molecule has 0 unspecified atom stereocenters. The molecule has 88 valence electrons. The topological polar surface area (TPSA) is 42.4 Å². The average Bonchev–Trinajstić information content (AvgIpc) is 2.26. The van der Waals surface area contributed by atoms with Crippen LogP contribution in [0.3, 0.4) is 0 Å². The number of hydrogen-bond donors (Lipinski definition) is 0. The zero-order valence-electron chi connectivity index (χ0n) is 9.44. The first kappa shape index (κ1) is 13.1. The van der Waals surface area contributed by atoms with E-state index in [1.807, 2.05) is 19.3 Å². The summed E-state index contributed by atoms with van der Waals surface area (Å²) >= 11 is 3.37. The van der Waals surface area contributed by atoms with E-state index in [2.05, 4.69) is 30.6 Å². The van der Waals surface area contributed by atoms with Crippen molar-refractivity contribution in [3.05, 3.63) is 28.5 Å². The van der Waals surface area contributed by atoms with Crippen LogP contribution in [0, 0.1) is 0 Å². The molecule has 16 heavy (non-hydrogen) atoms. The van der Waals surface area contributed by atoms with Gasteiger partial charge in [0.15, 0.2) is 0 Å². The zero-order valence-corrected chi connectivity index (χ0v) is 11.0. The number of carbonyl (C=O) groups is 1. The molecule has 0 aliphatic rings. The molecule has 0 saturated carbocycles. The lowest BCUT2D eigenvalue weighted by Crippen LogP contribution is -2.21. The fraction of sp³-hybridized carbons (Fsp3) is 0.455. The van der Waals surface area contributed by atoms with Crippen LogP contribution in [0.5, 0.6) is 0 Å². The van der Waals surface area contributed by atoms with Crippen molar-refractivity contribution >= 4 is 21.9 Å². The van der Waals surface area contributed by atoms with Crippen LogP contribution in [0.15, 0.2) is 22.9 Å². The highest BCUT2D eigenvalue weighted by Gasteiger charge is 2.05. The predicted molar refractivity (Wildman–Crippen MR) is 64.9 cm³/mol. The number of pyridine rings is 1. The van der Waals surface area contributed by atoms with E-state index in [-0.39, 0.29) is 5.97 Å². The molecule has 0 spiro atoms. The number of hydrogen-bond acceptors (Lipinski definition) is 4. The van der Waals surface area contributed by atoms with Crippen LogP contribution in [0.2, 0.25) is 0 Å². The maximum absolute atomic E-state index is 11.0. The molecule has 1 aromatic rings. The SMILES string of the molecule is COC(=O)CCN(C)Cc1cncc(Br)c1. The molecular weight excluding hydrogens is 272 g/mol. The molecule has 0 radical (unpaired) electrons. The third-order valence-corrected chi connectivity index (χ3v) is 2.57. The zero-order chi connectivity index (χ0) is 12.0. The van der Waals surface area contributed by atoms with Gasteiger partial charge in [-0.2, -0.15) is 0 Å². The van der Waals surface area contributed by atoms with E-state index in [0.29, 0.717) is 13.0 Å². The maximum Gasteiger partial charge on any atom is 0.306 e. The van der Waals surface area contributed by atoms with E-state index < -0.39 is 0 Å². The van der Waals surface area contributed by atoms with Gasteiger partial charge in [0.25, 0.3) is 0 Å². The van der Waals surface area contributed by atoms with E-state index in [1.165, 1.54) is 7.11 Å². The normalized spacial score (nSPS) is 10.5. The fourth-order valence-corrected chi connectivity index (χ4v) is 1.73. The van der Waals surface area contributed by atoms with Gasteiger partial charge in [0.05, 0.1) is 13.5 Å². The Morgan fingerprint density at radius 3 is 2.94 bits per heavy atom. The van der Waals surface area contributed by atoms with Crippen LogP contribution in [0.1, 0.15) is 12.0 Å². The van der Waals surface area contributed by atoms with Crippen molar-refractivity contribution in [1.29, 1.82) is 0 Å². The van der Waals surface area contributed by atoms with Crippen LogP contribution in [-0.4, -0.2) is 36.6 Å². The quantitative estimate of drug-likeness (QED) is 0.775. The third kappa shape index (κ3) is 4.72. The highest BCUT2D eigenvalue weighted by Crippen LogP contribution is 2.11. The van der Waals surface area contributed by atoms with Gasteiger partial charge in [0, 0.05) is 30.0 Å². The molecule has 1 rings (SSSR count). The van der Waals surface area contributed by atoms with Gasteiger partial charge in [-0.05, 0) is 34.6 Å². The van der Waals surface area contributed by atoms with E-state index >= 15 is 0 Å². The molecule has 5 heteroatoms. The van der Waals surface area contributed by atoms with Crippen molar-refractivity contribution in [1.82, 2.24) is 9.88 Å². The van der Waals surface area contributed by atoms with Crippen LogP contribution in [0.25, 0.3) is 0 Å². The van der Waals surface area contributed by atoms with Crippen molar-refractivity contribution in [2.45, 2.75) is 13.0 Å². The number of halogens is 1. The van der Waals surface area contributed by atoms with Gasteiger partial charge in [-0.1, -0.05) is 0 Å². The average molecular weight is 287 g/mol. The molecule has 1 aromatic heterocycles. The minimum absolute atomic E-state index is 0.181. The van der Waals surface area contributed by atoms with Crippen molar-refractivity contribution < 1.29 is 9.53 Å². The van der Waals surface area contributed by atoms with Crippen LogP contribution in [0.4, 0.5) is 0 Å². The number of esters is 1. The smallest absolute Gasteiger partial charge is 0.306 e. The van der Waals surface area contributed by atoms with Gasteiger partial charge in [0.1, 0.15) is 0 Å². The Balaban J connectivity index is 2.39. The predicted octanol–water partition coefficient (Wildman–Crippen LogP) is 1.84. The summed E-state index contributed by atoms with van der Waals surface area (Å²) in [6.45, 7) is 1.45. The summed E-state index contributed by atoms with van der Waals surface area (Å²) in [7, 11) is 3.37. The molecule has 0 bridgehead atoms. The van der Waals surface area contributed by atoms with Crippen molar-refractivity contribution in [3.8, 4) is 0 Å². The molecule has 0 fully saturated rings. The van der Waals surface area contributed by atoms with E-state index in [9.17, 15) is 4.79 Å². The standard InChI is InChI=1S/C11H15BrN2O2/c1-14(4-3-11(15)16-2)8-9-5-10(12)7-13-6-9/h5-7H,3-4,8H2,1-2H3. The molecule has 0 atom stereocenters. The minimum Gasteiger partial charge on any atom is -0.469 e. The Kier molecular flexibility index (Phi) is 5.42. The van der Waals surface area contributed by atoms with E-state index in [4.69, 9.17) is 0 Å². The molecule has 0 aliphatic heterocycles. The Morgan fingerprint density at radius 2 is 2.31 bits per heavy atom. The number of ether oxygens (including phenoxy) is 1. The van der Waals surface area contributed by atoms with Gasteiger partial charge >= 0.3 is 5.97 Å². The van der Waals surface area contributed by atoms with Crippen molar-refractivity contribution in [2.24, 2.45) is 0 Å². The summed E-state index contributed by atoms with van der Waals surface area (Å²) in [5.41, 5.74) is 1.11. The molecule has 0 saturated heterocycles. The molecular formula is C11H15BrN2O2. The summed E-state index contributed by atoms with van der Waals surface area (Å²) in [6.07, 6.45) is 3.98. The first-order chi connectivity index (χ1) is 7.61.